The Balaban J connectivity index is 2.05. The summed E-state index contributed by atoms with van der Waals surface area (Å²) < 4.78 is 0. The zero-order valence-electron chi connectivity index (χ0n) is 13.8. The van der Waals surface area contributed by atoms with Crippen LogP contribution in [0.2, 0.25) is 0 Å². The van der Waals surface area contributed by atoms with Crippen LogP contribution in [0.4, 0.5) is 11.4 Å². The van der Waals surface area contributed by atoms with Gasteiger partial charge in [-0.2, -0.15) is 0 Å². The Morgan fingerprint density at radius 1 is 1.12 bits per heavy atom. The molecule has 0 aliphatic heterocycles. The number of nitrogens with zero attached hydrogens (tertiary/aromatic N) is 2. The van der Waals surface area contributed by atoms with Crippen molar-refractivity contribution in [3.8, 4) is 11.1 Å². The van der Waals surface area contributed by atoms with Crippen LogP contribution in [-0.2, 0) is 0 Å². The molecule has 1 heterocycles. The van der Waals surface area contributed by atoms with Gasteiger partial charge >= 0.3 is 0 Å². The maximum absolute atomic E-state index is 12.7. The predicted octanol–water partition coefficient (Wildman–Crippen LogP) is 3.63. The number of hydrogen-bond donors (Lipinski definition) is 2. The number of rotatable bonds is 4. The summed E-state index contributed by atoms with van der Waals surface area (Å²) in [6.45, 7) is 0. The molecular weight excluding hydrogens is 312 g/mol. The third kappa shape index (κ3) is 3.72. The number of aromatic nitrogens is 1. The molecule has 3 N–H and O–H groups in total. The average molecular weight is 330 g/mol. The Morgan fingerprint density at radius 3 is 2.60 bits per heavy atom. The maximum Gasteiger partial charge on any atom is 0.257 e. The molecule has 0 saturated carbocycles. The summed E-state index contributed by atoms with van der Waals surface area (Å²) >= 11 is 0. The number of carbonyl (C=O) groups is 1. The number of carbonyl (C=O) groups excluding carboxylic acids is 1. The number of nitrogens with two attached hydrogens (primary N) is 1. The van der Waals surface area contributed by atoms with Gasteiger partial charge in [0.15, 0.2) is 0 Å². The Kier molecular flexibility index (Phi) is 4.85. The lowest BCUT2D eigenvalue weighted by Gasteiger charge is -2.12. The molecule has 3 aromatic rings. The van der Waals surface area contributed by atoms with Crippen molar-refractivity contribution in [1.82, 2.24) is 4.98 Å². The van der Waals surface area contributed by atoms with Gasteiger partial charge < -0.3 is 11.1 Å². The molecule has 5 heteroatoms. The largest absolute Gasteiger partial charge is 0.398 e. The highest BCUT2D eigenvalue weighted by Gasteiger charge is 2.15. The van der Waals surface area contributed by atoms with Gasteiger partial charge in [0, 0.05) is 42.5 Å². The van der Waals surface area contributed by atoms with E-state index in [-0.39, 0.29) is 5.91 Å². The highest BCUT2D eigenvalue weighted by Crippen LogP contribution is 2.27. The van der Waals surface area contributed by atoms with Crippen molar-refractivity contribution < 1.29 is 4.79 Å². The van der Waals surface area contributed by atoms with Crippen LogP contribution in [-0.4, -0.2) is 24.2 Å². The van der Waals surface area contributed by atoms with Gasteiger partial charge in [-0.05, 0) is 35.9 Å². The highest BCUT2D eigenvalue weighted by molar-refractivity contribution is 6.11. The average Bonchev–Trinajstić information content (AvgIpc) is 2.65. The van der Waals surface area contributed by atoms with E-state index in [1.54, 1.807) is 31.7 Å². The number of nitrogens with one attached hydrogen (secondary N) is 1. The number of nitrogen functional groups attached to an aromatic ring is 1. The molecule has 0 unspecified atom stereocenters. The molecule has 1 aromatic heterocycles. The summed E-state index contributed by atoms with van der Waals surface area (Å²) in [4.78, 5) is 20.9. The summed E-state index contributed by atoms with van der Waals surface area (Å²) in [6, 6.07) is 16.7. The number of aliphatic imine (C=N–C) groups is 1. The number of benzene rings is 2. The molecule has 0 fully saturated rings. The Hall–Kier alpha value is -3.47. The van der Waals surface area contributed by atoms with Gasteiger partial charge in [-0.15, -0.1) is 0 Å². The molecular formula is C20H18N4O. The minimum absolute atomic E-state index is 0.264. The second kappa shape index (κ2) is 7.40. The fraction of sp³-hybridized carbons (Fsp3) is 0.0500. The first-order valence-corrected chi connectivity index (χ1v) is 7.81. The molecule has 0 spiro atoms. The van der Waals surface area contributed by atoms with Crippen LogP contribution in [0.1, 0.15) is 15.9 Å². The molecule has 2 aromatic carbocycles. The molecule has 3 rings (SSSR count). The van der Waals surface area contributed by atoms with Crippen LogP contribution in [0, 0.1) is 0 Å². The predicted molar refractivity (Wildman–Crippen MR) is 102 cm³/mol. The van der Waals surface area contributed by atoms with Crippen LogP contribution in [0.5, 0.6) is 0 Å². The van der Waals surface area contributed by atoms with Crippen molar-refractivity contribution in [2.75, 3.05) is 18.1 Å². The topological polar surface area (TPSA) is 80.4 Å². The van der Waals surface area contributed by atoms with Crippen LogP contribution >= 0.6 is 0 Å². The molecule has 0 radical (unpaired) electrons. The SMILES string of the molecule is C/N=C\c1cc(-c2cccnc2)cc(C(=O)Nc2ccccc2)c1N. The fourth-order valence-corrected chi connectivity index (χ4v) is 2.53. The van der Waals surface area contributed by atoms with Gasteiger partial charge in [0.05, 0.1) is 11.3 Å². The van der Waals surface area contributed by atoms with Crippen molar-refractivity contribution in [3.63, 3.8) is 0 Å². The van der Waals surface area contributed by atoms with E-state index in [0.29, 0.717) is 22.5 Å². The molecule has 0 aliphatic rings. The summed E-state index contributed by atoms with van der Waals surface area (Å²) in [5.74, 6) is -0.264. The second-order valence-electron chi connectivity index (χ2n) is 5.48. The van der Waals surface area contributed by atoms with Crippen LogP contribution in [0.25, 0.3) is 11.1 Å². The Bertz CT molecular complexity index is 906. The minimum atomic E-state index is -0.264. The van der Waals surface area contributed by atoms with Crippen molar-refractivity contribution in [3.05, 3.63) is 78.1 Å². The highest BCUT2D eigenvalue weighted by atomic mass is 16.1. The molecule has 0 bridgehead atoms. The maximum atomic E-state index is 12.7. The molecule has 0 saturated heterocycles. The first kappa shape index (κ1) is 16.4. The van der Waals surface area contributed by atoms with E-state index in [1.165, 1.54) is 0 Å². The molecule has 1 amide bonds. The number of amides is 1. The van der Waals surface area contributed by atoms with E-state index in [1.807, 2.05) is 48.5 Å². The third-order valence-corrected chi connectivity index (χ3v) is 3.75. The lowest BCUT2D eigenvalue weighted by Crippen LogP contribution is -2.15. The van der Waals surface area contributed by atoms with Gasteiger partial charge in [0.2, 0.25) is 0 Å². The number of hydrogen-bond acceptors (Lipinski definition) is 4. The van der Waals surface area contributed by atoms with Gasteiger partial charge in [0.25, 0.3) is 5.91 Å². The quantitative estimate of drug-likeness (QED) is 0.566. The van der Waals surface area contributed by atoms with E-state index in [2.05, 4.69) is 15.3 Å². The zero-order valence-corrected chi connectivity index (χ0v) is 13.8. The lowest BCUT2D eigenvalue weighted by molar-refractivity contribution is 0.102. The minimum Gasteiger partial charge on any atom is -0.398 e. The zero-order chi connectivity index (χ0) is 17.6. The first-order chi connectivity index (χ1) is 12.2. The van der Waals surface area contributed by atoms with E-state index < -0.39 is 0 Å². The molecule has 5 nitrogen and oxygen atoms in total. The van der Waals surface area contributed by atoms with E-state index in [0.717, 1.165) is 11.1 Å². The summed E-state index contributed by atoms with van der Waals surface area (Å²) in [5.41, 5.74) is 10.2. The van der Waals surface area contributed by atoms with Gasteiger partial charge in [-0.3, -0.25) is 14.8 Å². The summed E-state index contributed by atoms with van der Waals surface area (Å²) in [6.07, 6.45) is 5.10. The summed E-state index contributed by atoms with van der Waals surface area (Å²) in [7, 11) is 1.67. The number of pyridine rings is 1. The van der Waals surface area contributed by atoms with Gasteiger partial charge in [-0.1, -0.05) is 24.3 Å². The van der Waals surface area contributed by atoms with E-state index in [4.69, 9.17) is 5.73 Å². The smallest absolute Gasteiger partial charge is 0.257 e. The van der Waals surface area contributed by atoms with Crippen LogP contribution in [0.15, 0.2) is 72.0 Å². The van der Waals surface area contributed by atoms with Crippen LogP contribution < -0.4 is 11.1 Å². The number of para-hydroxylation sites is 1. The normalized spacial score (nSPS) is 10.8. The van der Waals surface area contributed by atoms with Crippen molar-refractivity contribution in [2.24, 2.45) is 4.99 Å². The first-order valence-electron chi connectivity index (χ1n) is 7.81. The molecule has 25 heavy (non-hydrogen) atoms. The standard InChI is InChI=1S/C20H18N4O/c1-22-12-16-10-15(14-6-5-9-23-13-14)11-18(19(16)21)20(25)24-17-7-3-2-4-8-17/h2-13H,21H2,1H3,(H,24,25)/b22-12-. The fourth-order valence-electron chi connectivity index (χ4n) is 2.53. The monoisotopic (exact) mass is 330 g/mol. The second-order valence-corrected chi connectivity index (χ2v) is 5.48. The van der Waals surface area contributed by atoms with Gasteiger partial charge in [0.1, 0.15) is 0 Å². The Labute approximate surface area is 146 Å². The third-order valence-electron chi connectivity index (χ3n) is 3.75. The summed E-state index contributed by atoms with van der Waals surface area (Å²) in [5, 5.41) is 2.87. The van der Waals surface area contributed by atoms with E-state index in [9.17, 15) is 4.79 Å². The lowest BCUT2D eigenvalue weighted by atomic mass is 9.98. The van der Waals surface area contributed by atoms with E-state index >= 15 is 0 Å². The molecule has 124 valence electrons. The van der Waals surface area contributed by atoms with Crippen molar-refractivity contribution in [1.29, 1.82) is 0 Å². The van der Waals surface area contributed by atoms with Crippen molar-refractivity contribution in [2.45, 2.75) is 0 Å². The Morgan fingerprint density at radius 2 is 1.92 bits per heavy atom. The van der Waals surface area contributed by atoms with Gasteiger partial charge in [-0.25, -0.2) is 0 Å². The number of anilines is 2. The molecule has 0 atom stereocenters. The molecule has 0 aliphatic carbocycles. The van der Waals surface area contributed by atoms with Crippen LogP contribution in [0.3, 0.4) is 0 Å². The van der Waals surface area contributed by atoms with Crippen molar-refractivity contribution >= 4 is 23.5 Å².